The van der Waals surface area contributed by atoms with E-state index >= 15 is 0 Å². The number of anilines is 1. The Morgan fingerprint density at radius 3 is 2.30 bits per heavy atom. The van der Waals surface area contributed by atoms with Crippen molar-refractivity contribution < 1.29 is 18.4 Å². The second kappa shape index (κ2) is 9.68. The van der Waals surface area contributed by atoms with Crippen molar-refractivity contribution in [2.24, 2.45) is 0 Å². The smallest absolute Gasteiger partial charge is 0.321 e. The molecule has 0 aliphatic rings. The van der Waals surface area contributed by atoms with Crippen molar-refractivity contribution >= 4 is 30.8 Å². The summed E-state index contributed by atoms with van der Waals surface area (Å²) in [6, 6.07) is 13.3. The average Bonchev–Trinajstić information content (AvgIpc) is 2.64. The Hall–Kier alpha value is -2.16. The van der Waals surface area contributed by atoms with Crippen LogP contribution in [0.2, 0.25) is 5.02 Å². The Morgan fingerprint density at radius 1 is 1.15 bits per heavy atom. The highest BCUT2D eigenvalue weighted by Crippen LogP contribution is 2.51. The normalized spacial score (nSPS) is 11.0. The summed E-state index contributed by atoms with van der Waals surface area (Å²) in [4.78, 5) is 12.4. The topological polar surface area (TPSA) is 88.4 Å². The number of nitriles is 1. The van der Waals surface area contributed by atoms with Gasteiger partial charge in [0.1, 0.15) is 0 Å². The van der Waals surface area contributed by atoms with Crippen LogP contribution >= 0.6 is 19.2 Å². The van der Waals surface area contributed by atoms with Crippen molar-refractivity contribution in [1.82, 2.24) is 0 Å². The Kier molecular flexibility index (Phi) is 7.58. The molecule has 0 fully saturated rings. The molecule has 0 aromatic heterocycles. The molecular formula is C19H20ClN2O4P. The van der Waals surface area contributed by atoms with Gasteiger partial charge in [0, 0.05) is 5.56 Å². The largest absolute Gasteiger partial charge is 0.335 e. The molecule has 0 bridgehead atoms. The Bertz CT molecular complexity index is 884. The van der Waals surface area contributed by atoms with Crippen molar-refractivity contribution in [3.8, 4) is 6.07 Å². The SMILES string of the molecule is CCOP(=O)(Cc1ccc(C(=O)Nc2ccc(C#N)cc2Cl)cc1)OCC. The van der Waals surface area contributed by atoms with Crippen molar-refractivity contribution in [2.75, 3.05) is 18.5 Å². The maximum atomic E-state index is 12.6. The second-order valence-electron chi connectivity index (χ2n) is 5.56. The van der Waals surface area contributed by atoms with Crippen LogP contribution in [0.4, 0.5) is 5.69 Å². The third-order valence-corrected chi connectivity index (χ3v) is 5.96. The van der Waals surface area contributed by atoms with Crippen LogP contribution in [0.25, 0.3) is 0 Å². The van der Waals surface area contributed by atoms with E-state index in [2.05, 4.69) is 5.32 Å². The zero-order valence-corrected chi connectivity index (χ0v) is 16.7. The molecule has 1 amide bonds. The minimum Gasteiger partial charge on any atom is -0.321 e. The first kappa shape index (κ1) is 21.1. The predicted molar refractivity (Wildman–Crippen MR) is 105 cm³/mol. The van der Waals surface area contributed by atoms with Gasteiger partial charge in [0.05, 0.1) is 41.7 Å². The zero-order valence-electron chi connectivity index (χ0n) is 15.1. The van der Waals surface area contributed by atoms with Gasteiger partial charge in [-0.2, -0.15) is 5.26 Å². The Balaban J connectivity index is 2.09. The minimum atomic E-state index is -3.19. The fraction of sp³-hybridized carbons (Fsp3) is 0.263. The van der Waals surface area contributed by atoms with Gasteiger partial charge in [-0.1, -0.05) is 23.7 Å². The molecule has 2 aromatic carbocycles. The summed E-state index contributed by atoms with van der Waals surface area (Å²) in [5.74, 6) is -0.342. The van der Waals surface area contributed by atoms with Crippen LogP contribution in [0.3, 0.4) is 0 Å². The van der Waals surface area contributed by atoms with Crippen LogP contribution in [0.5, 0.6) is 0 Å². The van der Waals surface area contributed by atoms with E-state index < -0.39 is 7.60 Å². The van der Waals surface area contributed by atoms with Gasteiger partial charge in [-0.25, -0.2) is 0 Å². The lowest BCUT2D eigenvalue weighted by Gasteiger charge is -2.17. The van der Waals surface area contributed by atoms with E-state index in [1.54, 1.807) is 50.2 Å². The lowest BCUT2D eigenvalue weighted by molar-refractivity contribution is 0.102. The van der Waals surface area contributed by atoms with Gasteiger partial charge < -0.3 is 14.4 Å². The number of nitrogens with one attached hydrogen (secondary N) is 1. The fourth-order valence-corrected chi connectivity index (χ4v) is 4.32. The van der Waals surface area contributed by atoms with E-state index in [0.717, 1.165) is 5.56 Å². The summed E-state index contributed by atoms with van der Waals surface area (Å²) in [6.45, 7) is 4.10. The number of rotatable bonds is 8. The molecule has 0 saturated heterocycles. The minimum absolute atomic E-state index is 0.137. The molecule has 0 aliphatic heterocycles. The molecule has 0 unspecified atom stereocenters. The van der Waals surface area contributed by atoms with Gasteiger partial charge in [0.2, 0.25) is 0 Å². The first-order chi connectivity index (χ1) is 12.9. The van der Waals surface area contributed by atoms with Gasteiger partial charge >= 0.3 is 7.60 Å². The van der Waals surface area contributed by atoms with E-state index in [9.17, 15) is 9.36 Å². The maximum absolute atomic E-state index is 12.6. The lowest BCUT2D eigenvalue weighted by Crippen LogP contribution is -2.12. The fourth-order valence-electron chi connectivity index (χ4n) is 2.39. The number of amides is 1. The summed E-state index contributed by atoms with van der Waals surface area (Å²) in [5.41, 5.74) is 1.99. The van der Waals surface area contributed by atoms with E-state index in [0.29, 0.717) is 30.0 Å². The zero-order chi connectivity index (χ0) is 19.9. The molecule has 0 saturated carbocycles. The van der Waals surface area contributed by atoms with Crippen molar-refractivity contribution in [3.05, 3.63) is 64.2 Å². The van der Waals surface area contributed by atoms with E-state index in [1.807, 2.05) is 6.07 Å². The number of nitrogens with zero attached hydrogens (tertiary/aromatic N) is 1. The third kappa shape index (κ3) is 5.92. The number of benzene rings is 2. The van der Waals surface area contributed by atoms with Crippen LogP contribution in [-0.2, 0) is 19.8 Å². The van der Waals surface area contributed by atoms with Crippen LogP contribution in [0.1, 0.15) is 35.3 Å². The van der Waals surface area contributed by atoms with Crippen molar-refractivity contribution in [2.45, 2.75) is 20.0 Å². The maximum Gasteiger partial charge on any atom is 0.335 e. The molecule has 0 radical (unpaired) electrons. The molecule has 0 spiro atoms. The molecule has 8 heteroatoms. The highest BCUT2D eigenvalue weighted by molar-refractivity contribution is 7.53. The quantitative estimate of drug-likeness (QED) is 0.606. The van der Waals surface area contributed by atoms with Gasteiger partial charge in [0.25, 0.3) is 5.91 Å². The Morgan fingerprint density at radius 2 is 1.78 bits per heavy atom. The molecule has 142 valence electrons. The standard InChI is InChI=1S/C19H20ClN2O4P/c1-3-25-27(24,26-4-2)13-14-5-8-16(9-6-14)19(23)22-18-10-7-15(12-21)11-17(18)20/h5-11H,3-4,13H2,1-2H3,(H,22,23). The summed E-state index contributed by atoms with van der Waals surface area (Å²) < 4.78 is 23.1. The molecule has 1 N–H and O–H groups in total. The summed E-state index contributed by atoms with van der Waals surface area (Å²) in [5, 5.41) is 11.8. The molecule has 2 aromatic rings. The van der Waals surface area contributed by atoms with E-state index in [-0.39, 0.29) is 17.1 Å². The first-order valence-electron chi connectivity index (χ1n) is 8.39. The third-order valence-electron chi connectivity index (χ3n) is 3.59. The number of hydrogen-bond acceptors (Lipinski definition) is 5. The summed E-state index contributed by atoms with van der Waals surface area (Å²) >= 11 is 6.07. The molecular weight excluding hydrogens is 387 g/mol. The highest BCUT2D eigenvalue weighted by Gasteiger charge is 2.24. The van der Waals surface area contributed by atoms with E-state index in [4.69, 9.17) is 25.9 Å². The second-order valence-corrected chi connectivity index (χ2v) is 8.02. The molecule has 2 rings (SSSR count). The van der Waals surface area contributed by atoms with Gasteiger partial charge in [-0.15, -0.1) is 0 Å². The number of carbonyl (C=O) groups is 1. The average molecular weight is 407 g/mol. The van der Waals surface area contributed by atoms with Crippen molar-refractivity contribution in [1.29, 1.82) is 5.26 Å². The number of hydrogen-bond donors (Lipinski definition) is 1. The molecule has 0 heterocycles. The van der Waals surface area contributed by atoms with Crippen LogP contribution in [0.15, 0.2) is 42.5 Å². The monoisotopic (exact) mass is 406 g/mol. The molecule has 0 atom stereocenters. The van der Waals surface area contributed by atoms with Crippen LogP contribution in [0, 0.1) is 11.3 Å². The molecule has 0 aliphatic carbocycles. The summed E-state index contributed by atoms with van der Waals surface area (Å²) in [7, 11) is -3.19. The predicted octanol–water partition coefficient (Wildman–Crippen LogP) is 5.23. The highest BCUT2D eigenvalue weighted by atomic mass is 35.5. The molecule has 6 nitrogen and oxygen atoms in total. The number of carbonyl (C=O) groups excluding carboxylic acids is 1. The lowest BCUT2D eigenvalue weighted by atomic mass is 10.1. The van der Waals surface area contributed by atoms with Gasteiger partial charge in [0.15, 0.2) is 0 Å². The van der Waals surface area contributed by atoms with Crippen molar-refractivity contribution in [3.63, 3.8) is 0 Å². The van der Waals surface area contributed by atoms with Gasteiger partial charge in [-0.3, -0.25) is 9.36 Å². The molecule has 27 heavy (non-hydrogen) atoms. The first-order valence-corrected chi connectivity index (χ1v) is 10.5. The van der Waals surface area contributed by atoms with Gasteiger partial charge in [-0.05, 0) is 49.7 Å². The Labute approximate surface area is 163 Å². The van der Waals surface area contributed by atoms with E-state index in [1.165, 1.54) is 6.07 Å². The van der Waals surface area contributed by atoms with Crippen LogP contribution in [-0.4, -0.2) is 19.1 Å². The van der Waals surface area contributed by atoms with Crippen LogP contribution < -0.4 is 5.32 Å². The number of halogens is 1. The summed E-state index contributed by atoms with van der Waals surface area (Å²) in [6.07, 6.45) is 0.137.